The second-order valence-electron chi connectivity index (χ2n) is 8.88. The molecular weight excluding hydrogens is 370 g/mol. The molecule has 1 N–H and O–H groups in total. The van der Waals surface area contributed by atoms with Crippen LogP contribution in [0.15, 0.2) is 0 Å². The minimum Gasteiger partial charge on any atom is -0.379 e. The van der Waals surface area contributed by atoms with Crippen LogP contribution in [0, 0.1) is 17.8 Å². The Morgan fingerprint density at radius 3 is 1.93 bits per heavy atom. The largest absolute Gasteiger partial charge is 0.379 e. The number of hydrogen-bond donors (Lipinski definition) is 1. The molecule has 0 unspecified atom stereocenters. The molecule has 0 fully saturated rings. The molecule has 0 aromatic rings. The predicted octanol–water partition coefficient (Wildman–Crippen LogP) is 2.19. The van der Waals surface area contributed by atoms with Gasteiger partial charge in [0.05, 0.1) is 18.2 Å². The zero-order valence-electron chi connectivity index (χ0n) is 20.1. The molecule has 0 aliphatic heterocycles. The summed E-state index contributed by atoms with van der Waals surface area (Å²) < 4.78 is 5.55. The van der Waals surface area contributed by atoms with E-state index in [-0.39, 0.29) is 54.2 Å². The normalized spacial score (nSPS) is 17.0. The summed E-state index contributed by atoms with van der Waals surface area (Å²) in [5, 5.41) is 2.98. The lowest BCUT2D eigenvalue weighted by atomic mass is 9.90. The van der Waals surface area contributed by atoms with Crippen molar-refractivity contribution >= 4 is 18.1 Å². The summed E-state index contributed by atoms with van der Waals surface area (Å²) in [4.78, 5) is 41.0. The van der Waals surface area contributed by atoms with Crippen molar-refractivity contribution in [2.75, 3.05) is 28.3 Å². The van der Waals surface area contributed by atoms with Gasteiger partial charge in [-0.25, -0.2) is 0 Å². The Morgan fingerprint density at radius 2 is 1.59 bits per heavy atom. The first-order valence-corrected chi connectivity index (χ1v) is 10.6. The van der Waals surface area contributed by atoms with E-state index in [4.69, 9.17) is 4.74 Å². The molecule has 5 atom stereocenters. The van der Waals surface area contributed by atoms with E-state index in [1.54, 1.807) is 19.1 Å². The zero-order valence-corrected chi connectivity index (χ0v) is 20.1. The monoisotopic (exact) mass is 413 g/mol. The fraction of sp³-hybridized carbons (Fsp3) is 0.864. The van der Waals surface area contributed by atoms with E-state index in [0.29, 0.717) is 0 Å². The van der Waals surface area contributed by atoms with Gasteiger partial charge in [-0.3, -0.25) is 14.5 Å². The van der Waals surface area contributed by atoms with E-state index in [0.717, 1.165) is 12.7 Å². The average Bonchev–Trinajstić information content (AvgIpc) is 2.63. The van der Waals surface area contributed by atoms with Crippen molar-refractivity contribution in [3.8, 4) is 0 Å². The number of ether oxygens (including phenoxy) is 1. The summed E-state index contributed by atoms with van der Waals surface area (Å²) in [6, 6.07) is -1.22. The summed E-state index contributed by atoms with van der Waals surface area (Å²) in [6.45, 7) is 11.9. The fourth-order valence-electron chi connectivity index (χ4n) is 3.96. The van der Waals surface area contributed by atoms with Crippen LogP contribution in [0.5, 0.6) is 0 Å². The number of likely N-dealkylation sites (N-methyl/N-ethyl adjacent to an activating group) is 2. The number of carbonyl (C=O) groups is 3. The van der Waals surface area contributed by atoms with E-state index in [2.05, 4.69) is 19.2 Å². The molecule has 0 heterocycles. The van der Waals surface area contributed by atoms with Crippen LogP contribution in [0.25, 0.3) is 0 Å². The first-order chi connectivity index (χ1) is 13.4. The fourth-order valence-corrected chi connectivity index (χ4v) is 3.96. The van der Waals surface area contributed by atoms with E-state index in [1.165, 1.54) is 0 Å². The lowest BCUT2D eigenvalue weighted by molar-refractivity contribution is -0.144. The van der Waals surface area contributed by atoms with Crippen LogP contribution in [0.3, 0.4) is 0 Å². The van der Waals surface area contributed by atoms with Gasteiger partial charge in [-0.2, -0.15) is 0 Å². The average molecular weight is 414 g/mol. The van der Waals surface area contributed by atoms with Gasteiger partial charge in [-0.1, -0.05) is 48.0 Å². The van der Waals surface area contributed by atoms with Crippen molar-refractivity contribution in [1.29, 1.82) is 0 Å². The van der Waals surface area contributed by atoms with Crippen LogP contribution in [0.2, 0.25) is 0 Å². The van der Waals surface area contributed by atoms with Gasteiger partial charge in [0.1, 0.15) is 12.3 Å². The van der Waals surface area contributed by atoms with Gasteiger partial charge in [-0.05, 0) is 31.8 Å². The maximum atomic E-state index is 13.4. The van der Waals surface area contributed by atoms with Crippen molar-refractivity contribution < 1.29 is 19.1 Å². The number of carbonyl (C=O) groups excluding carboxylic acids is 3. The Morgan fingerprint density at radius 1 is 1.03 bits per heavy atom. The highest BCUT2D eigenvalue weighted by atomic mass is 16.5. The Kier molecular flexibility index (Phi) is 12.3. The molecule has 0 saturated heterocycles. The Balaban J connectivity index is 5.73. The predicted molar refractivity (Wildman–Crippen MR) is 117 cm³/mol. The van der Waals surface area contributed by atoms with E-state index in [9.17, 15) is 14.4 Å². The second-order valence-corrected chi connectivity index (χ2v) is 8.88. The number of nitrogens with zero attached hydrogens (tertiary/aromatic N) is 2. The maximum absolute atomic E-state index is 13.4. The maximum Gasteiger partial charge on any atom is 0.245 e. The Hall–Kier alpha value is -1.47. The summed E-state index contributed by atoms with van der Waals surface area (Å²) in [7, 11) is 7.03. The SMILES string of the molecule is CC[C@H](C)[C@@H]([C@@H](CC=O)OC)N(C)C(=O)[C@@H](NC(=O)[C@H](C(C)C)N(C)C)C(C)C. The molecule has 0 aromatic heterocycles. The van der Waals surface area contributed by atoms with E-state index < -0.39 is 6.04 Å². The molecular formula is C22H43N3O4. The van der Waals surface area contributed by atoms with E-state index >= 15 is 0 Å². The molecule has 7 nitrogen and oxygen atoms in total. The quantitative estimate of drug-likeness (QED) is 0.468. The molecule has 0 aromatic carbocycles. The summed E-state index contributed by atoms with van der Waals surface area (Å²) in [5.41, 5.74) is 0. The number of hydrogen-bond acceptors (Lipinski definition) is 5. The van der Waals surface area contributed by atoms with Gasteiger partial charge in [-0.15, -0.1) is 0 Å². The van der Waals surface area contributed by atoms with Crippen molar-refractivity contribution in [3.63, 3.8) is 0 Å². The molecule has 0 spiro atoms. The smallest absolute Gasteiger partial charge is 0.245 e. The van der Waals surface area contributed by atoms with Gasteiger partial charge in [0.15, 0.2) is 0 Å². The van der Waals surface area contributed by atoms with Gasteiger partial charge in [0.25, 0.3) is 0 Å². The molecule has 0 aliphatic rings. The molecule has 2 amide bonds. The molecule has 0 radical (unpaired) electrons. The van der Waals surface area contributed by atoms with E-state index in [1.807, 2.05) is 46.7 Å². The van der Waals surface area contributed by atoms with Gasteiger partial charge < -0.3 is 19.7 Å². The van der Waals surface area contributed by atoms with Crippen molar-refractivity contribution in [3.05, 3.63) is 0 Å². The molecule has 170 valence electrons. The highest BCUT2D eigenvalue weighted by molar-refractivity contribution is 5.90. The molecule has 0 saturated carbocycles. The minimum absolute atomic E-state index is 0.0754. The van der Waals surface area contributed by atoms with Gasteiger partial charge in [0.2, 0.25) is 11.8 Å². The van der Waals surface area contributed by atoms with Gasteiger partial charge in [0, 0.05) is 20.6 Å². The third-order valence-electron chi connectivity index (χ3n) is 5.72. The molecule has 0 aliphatic carbocycles. The first-order valence-electron chi connectivity index (χ1n) is 10.6. The summed E-state index contributed by atoms with van der Waals surface area (Å²) >= 11 is 0. The number of amides is 2. The van der Waals surface area contributed by atoms with Crippen LogP contribution in [-0.4, -0.2) is 80.4 Å². The van der Waals surface area contributed by atoms with Crippen molar-refractivity contribution in [2.24, 2.45) is 17.8 Å². The topological polar surface area (TPSA) is 79.0 Å². The van der Waals surface area contributed by atoms with Crippen molar-refractivity contribution in [2.45, 2.75) is 78.6 Å². The standard InChI is InChI=1S/C22H43N3O4/c1-11-16(6)20(17(29-10)12-13-26)25(9)22(28)18(14(2)3)23-21(27)19(15(4)5)24(7)8/h13-20H,11-12H2,1-10H3,(H,23,27)/t16-,17+,18-,19-,20-/m0/s1. The highest BCUT2D eigenvalue weighted by Gasteiger charge is 2.37. The molecule has 29 heavy (non-hydrogen) atoms. The van der Waals surface area contributed by atoms with Crippen LogP contribution >= 0.6 is 0 Å². The lowest BCUT2D eigenvalue weighted by Gasteiger charge is -2.40. The van der Waals surface area contributed by atoms with Crippen LogP contribution in [0.4, 0.5) is 0 Å². The van der Waals surface area contributed by atoms with Crippen LogP contribution in [-0.2, 0) is 19.1 Å². The molecule has 7 heteroatoms. The summed E-state index contributed by atoms with van der Waals surface area (Å²) in [6.07, 6.45) is 1.51. The second kappa shape index (κ2) is 13.0. The number of methoxy groups -OCH3 is 1. The number of aldehydes is 1. The van der Waals surface area contributed by atoms with Gasteiger partial charge >= 0.3 is 0 Å². The minimum atomic E-state index is -0.644. The van der Waals surface area contributed by atoms with Crippen molar-refractivity contribution in [1.82, 2.24) is 15.1 Å². The number of rotatable bonds is 13. The Labute approximate surface area is 177 Å². The molecule has 0 rings (SSSR count). The highest BCUT2D eigenvalue weighted by Crippen LogP contribution is 2.23. The molecule has 0 bridgehead atoms. The third kappa shape index (κ3) is 7.70. The summed E-state index contributed by atoms with van der Waals surface area (Å²) in [5.74, 6) is -0.130. The lowest BCUT2D eigenvalue weighted by Crippen LogP contribution is -2.59. The Bertz CT molecular complexity index is 514. The first kappa shape index (κ1) is 27.5. The van der Waals surface area contributed by atoms with Crippen LogP contribution < -0.4 is 5.32 Å². The zero-order chi connectivity index (χ0) is 22.9. The number of nitrogens with one attached hydrogen (secondary N) is 1. The van der Waals surface area contributed by atoms with Crippen LogP contribution in [0.1, 0.15) is 54.4 Å². The third-order valence-corrected chi connectivity index (χ3v) is 5.72.